The van der Waals surface area contributed by atoms with Gasteiger partial charge in [-0.1, -0.05) is 36.4 Å². The van der Waals surface area contributed by atoms with Gasteiger partial charge in [0.25, 0.3) is 0 Å². The number of hydrogen-bond donors (Lipinski definition) is 0. The van der Waals surface area contributed by atoms with Crippen molar-refractivity contribution in [2.75, 3.05) is 25.1 Å². The van der Waals surface area contributed by atoms with Gasteiger partial charge >= 0.3 is 6.18 Å². The highest BCUT2D eigenvalue weighted by Crippen LogP contribution is 2.35. The van der Waals surface area contributed by atoms with E-state index in [1.807, 2.05) is 42.5 Å². The molecule has 1 aliphatic rings. The summed E-state index contributed by atoms with van der Waals surface area (Å²) in [4.78, 5) is 5.96. The smallest absolute Gasteiger partial charge is 0.417 e. The molecule has 0 unspecified atom stereocenters. The van der Waals surface area contributed by atoms with Crippen molar-refractivity contribution in [2.45, 2.75) is 18.7 Å². The summed E-state index contributed by atoms with van der Waals surface area (Å²) < 4.78 is 49.4. The molecule has 1 atom stereocenters. The van der Waals surface area contributed by atoms with Gasteiger partial charge in [-0.2, -0.15) is 13.2 Å². The third-order valence-electron chi connectivity index (χ3n) is 5.12. The fourth-order valence-electron chi connectivity index (χ4n) is 3.58. The van der Waals surface area contributed by atoms with E-state index in [9.17, 15) is 13.2 Å². The molecule has 4 rings (SSSR count). The minimum atomic E-state index is -4.40. The lowest BCUT2D eigenvalue weighted by Gasteiger charge is -2.22. The molecule has 7 heteroatoms. The average Bonchev–Trinajstić information content (AvgIpc) is 3.22. The van der Waals surface area contributed by atoms with Crippen LogP contribution in [0, 0.1) is 0 Å². The molecule has 1 saturated heterocycles. The lowest BCUT2D eigenvalue weighted by molar-refractivity contribution is -0.137. The van der Waals surface area contributed by atoms with Crippen molar-refractivity contribution in [3.8, 4) is 22.8 Å². The van der Waals surface area contributed by atoms with Crippen LogP contribution in [0.2, 0.25) is 0 Å². The molecule has 2 aromatic carbocycles. The van der Waals surface area contributed by atoms with Gasteiger partial charge in [0.2, 0.25) is 5.88 Å². The molecule has 1 fully saturated rings. The summed E-state index contributed by atoms with van der Waals surface area (Å²) in [6, 6.07) is 18.4. The first kappa shape index (κ1) is 20.1. The van der Waals surface area contributed by atoms with Crippen LogP contribution >= 0.6 is 0 Å². The maximum absolute atomic E-state index is 12.7. The monoisotopic (exact) mass is 414 g/mol. The van der Waals surface area contributed by atoms with Crippen LogP contribution in [0.5, 0.6) is 11.6 Å². The van der Waals surface area contributed by atoms with Crippen LogP contribution in [0.1, 0.15) is 12.0 Å². The minimum Gasteiger partial charge on any atom is -0.495 e. The van der Waals surface area contributed by atoms with Gasteiger partial charge in [0.15, 0.2) is 0 Å². The lowest BCUT2D eigenvalue weighted by atomic mass is 10.0. The molecule has 156 valence electrons. The molecule has 1 aromatic heterocycles. The third-order valence-corrected chi connectivity index (χ3v) is 5.12. The number of anilines is 1. The first-order valence-corrected chi connectivity index (χ1v) is 9.62. The minimum absolute atomic E-state index is 0.159. The van der Waals surface area contributed by atoms with Gasteiger partial charge in [0, 0.05) is 25.2 Å². The van der Waals surface area contributed by atoms with Gasteiger partial charge in [-0.15, -0.1) is 0 Å². The molecule has 0 bridgehead atoms. The number of alkyl halides is 3. The summed E-state index contributed by atoms with van der Waals surface area (Å²) in [5.41, 5.74) is 2.35. The van der Waals surface area contributed by atoms with Crippen molar-refractivity contribution in [1.82, 2.24) is 4.98 Å². The Morgan fingerprint density at radius 3 is 2.47 bits per heavy atom. The second-order valence-electron chi connectivity index (χ2n) is 7.11. The van der Waals surface area contributed by atoms with Crippen LogP contribution < -0.4 is 14.4 Å². The van der Waals surface area contributed by atoms with E-state index in [0.29, 0.717) is 6.54 Å². The first-order valence-electron chi connectivity index (χ1n) is 9.62. The summed E-state index contributed by atoms with van der Waals surface area (Å²) in [7, 11) is 1.64. The summed E-state index contributed by atoms with van der Waals surface area (Å²) in [6.07, 6.45) is -3.02. The topological polar surface area (TPSA) is 34.6 Å². The number of halogens is 3. The molecule has 0 spiro atoms. The van der Waals surface area contributed by atoms with Crippen LogP contribution in [0.3, 0.4) is 0 Å². The van der Waals surface area contributed by atoms with Crippen LogP contribution in [-0.2, 0) is 6.18 Å². The van der Waals surface area contributed by atoms with Crippen molar-refractivity contribution in [2.24, 2.45) is 0 Å². The van der Waals surface area contributed by atoms with Crippen molar-refractivity contribution >= 4 is 5.69 Å². The molecule has 3 aromatic rings. The quantitative estimate of drug-likeness (QED) is 0.557. The van der Waals surface area contributed by atoms with Crippen molar-refractivity contribution in [3.05, 3.63) is 72.4 Å². The van der Waals surface area contributed by atoms with E-state index in [2.05, 4.69) is 16.0 Å². The van der Waals surface area contributed by atoms with Crippen molar-refractivity contribution in [3.63, 3.8) is 0 Å². The van der Waals surface area contributed by atoms with E-state index in [1.54, 1.807) is 7.11 Å². The van der Waals surface area contributed by atoms with Crippen LogP contribution in [-0.4, -0.2) is 31.3 Å². The number of rotatable bonds is 5. The SMILES string of the molecule is COc1cc(-c2ccccc2)ccc1N1CC[C@@H](Oc2ccc(C(F)(F)F)cn2)C1. The Hall–Kier alpha value is -3.22. The van der Waals surface area contributed by atoms with E-state index >= 15 is 0 Å². The molecule has 4 nitrogen and oxygen atoms in total. The fraction of sp³-hybridized carbons (Fsp3) is 0.261. The molecule has 0 aliphatic carbocycles. The Bertz CT molecular complexity index is 992. The zero-order valence-electron chi connectivity index (χ0n) is 16.4. The number of pyridine rings is 1. The molecular formula is C23H21F3N2O2. The second-order valence-corrected chi connectivity index (χ2v) is 7.11. The molecule has 2 heterocycles. The zero-order chi connectivity index (χ0) is 21.1. The lowest BCUT2D eigenvalue weighted by Crippen LogP contribution is -2.25. The number of benzene rings is 2. The van der Waals surface area contributed by atoms with Gasteiger partial charge < -0.3 is 14.4 Å². The van der Waals surface area contributed by atoms with E-state index in [-0.39, 0.29) is 12.0 Å². The molecule has 0 radical (unpaired) electrons. The highest BCUT2D eigenvalue weighted by Gasteiger charge is 2.31. The van der Waals surface area contributed by atoms with Gasteiger partial charge in [0.05, 0.1) is 24.9 Å². The zero-order valence-corrected chi connectivity index (χ0v) is 16.4. The predicted molar refractivity (Wildman–Crippen MR) is 109 cm³/mol. The summed E-state index contributed by atoms with van der Waals surface area (Å²) >= 11 is 0. The van der Waals surface area contributed by atoms with E-state index in [4.69, 9.17) is 9.47 Å². The van der Waals surface area contributed by atoms with Crippen molar-refractivity contribution < 1.29 is 22.6 Å². The normalized spacial score (nSPS) is 16.5. The highest BCUT2D eigenvalue weighted by molar-refractivity contribution is 5.71. The highest BCUT2D eigenvalue weighted by atomic mass is 19.4. The molecule has 0 saturated carbocycles. The molecule has 30 heavy (non-hydrogen) atoms. The predicted octanol–water partition coefficient (Wildman–Crippen LogP) is 5.43. The van der Waals surface area contributed by atoms with E-state index < -0.39 is 11.7 Å². The van der Waals surface area contributed by atoms with Gasteiger partial charge in [-0.3, -0.25) is 0 Å². The van der Waals surface area contributed by atoms with E-state index in [1.165, 1.54) is 6.07 Å². The Labute approximate surface area is 172 Å². The molecule has 0 N–H and O–H groups in total. The molecular weight excluding hydrogens is 393 g/mol. The van der Waals surface area contributed by atoms with E-state index in [0.717, 1.165) is 47.8 Å². The molecule has 1 aliphatic heterocycles. The number of ether oxygens (including phenoxy) is 2. The summed E-state index contributed by atoms with van der Waals surface area (Å²) in [5, 5.41) is 0. The summed E-state index contributed by atoms with van der Waals surface area (Å²) in [6.45, 7) is 1.36. The Balaban J connectivity index is 1.45. The number of methoxy groups -OCH3 is 1. The largest absolute Gasteiger partial charge is 0.495 e. The number of aromatic nitrogens is 1. The van der Waals surface area contributed by atoms with Gasteiger partial charge in [0.1, 0.15) is 11.9 Å². The third kappa shape index (κ3) is 4.35. The average molecular weight is 414 g/mol. The van der Waals surface area contributed by atoms with Crippen molar-refractivity contribution in [1.29, 1.82) is 0 Å². The molecule has 0 amide bonds. The van der Waals surface area contributed by atoms with Crippen LogP contribution in [0.15, 0.2) is 66.9 Å². The summed E-state index contributed by atoms with van der Waals surface area (Å²) in [5.74, 6) is 0.964. The standard InChI is InChI=1S/C23H21F3N2O2/c1-29-21-13-17(16-5-3-2-4-6-16)7-9-20(21)28-12-11-19(15-28)30-22-10-8-18(14-27-22)23(24,25)26/h2-10,13-14,19H,11-12,15H2,1H3/t19-/m1/s1. The Morgan fingerprint density at radius 1 is 1.00 bits per heavy atom. The Kier molecular flexibility index (Phi) is 5.53. The first-order chi connectivity index (χ1) is 14.4. The second kappa shape index (κ2) is 8.26. The number of hydrogen-bond acceptors (Lipinski definition) is 4. The maximum Gasteiger partial charge on any atom is 0.417 e. The Morgan fingerprint density at radius 2 is 1.80 bits per heavy atom. The van der Waals surface area contributed by atoms with Crippen LogP contribution in [0.25, 0.3) is 11.1 Å². The van der Waals surface area contributed by atoms with Gasteiger partial charge in [-0.05, 0) is 29.3 Å². The number of nitrogens with zero attached hydrogens (tertiary/aromatic N) is 2. The fourth-order valence-corrected chi connectivity index (χ4v) is 3.58. The van der Waals surface area contributed by atoms with Crippen LogP contribution in [0.4, 0.5) is 18.9 Å². The van der Waals surface area contributed by atoms with Gasteiger partial charge in [-0.25, -0.2) is 4.98 Å². The maximum atomic E-state index is 12.7.